The van der Waals surface area contributed by atoms with Crippen molar-refractivity contribution >= 4 is 0 Å². The van der Waals surface area contributed by atoms with Crippen LogP contribution in [0.2, 0.25) is 0 Å². The normalized spacial score (nSPS) is 31.6. The number of benzene rings is 1. The van der Waals surface area contributed by atoms with E-state index < -0.39 is 0 Å². The molecule has 92 valence electrons. The maximum absolute atomic E-state index is 3.68. The van der Waals surface area contributed by atoms with Gasteiger partial charge in [-0.15, -0.1) is 0 Å². The number of hydrogen-bond donors (Lipinski definition) is 1. The topological polar surface area (TPSA) is 12.0 Å². The van der Waals surface area contributed by atoms with Crippen molar-refractivity contribution in [2.24, 2.45) is 5.92 Å². The maximum Gasteiger partial charge on any atom is 0.00683 e. The Balaban J connectivity index is 1.72. The molecule has 1 nitrogen and oxygen atoms in total. The molecule has 1 heteroatoms. The highest BCUT2D eigenvalue weighted by atomic mass is 15.0. The molecule has 0 radical (unpaired) electrons. The fraction of sp³-hybridized carbons (Fsp3) is 0.625. The van der Waals surface area contributed by atoms with Crippen molar-refractivity contribution in [3.05, 3.63) is 34.9 Å². The van der Waals surface area contributed by atoms with Crippen molar-refractivity contribution in [1.82, 2.24) is 5.32 Å². The fourth-order valence-electron chi connectivity index (χ4n) is 3.03. The second kappa shape index (κ2) is 3.84. The molecule has 3 rings (SSSR count). The van der Waals surface area contributed by atoms with Gasteiger partial charge in [-0.05, 0) is 62.1 Å². The van der Waals surface area contributed by atoms with E-state index in [9.17, 15) is 0 Å². The van der Waals surface area contributed by atoms with Crippen molar-refractivity contribution in [2.75, 3.05) is 6.54 Å². The second-order valence-corrected chi connectivity index (χ2v) is 6.32. The molecular weight excluding hydrogens is 206 g/mol. The quantitative estimate of drug-likeness (QED) is 0.835. The maximum atomic E-state index is 3.68. The predicted octanol–water partition coefficient (Wildman–Crippen LogP) is 3.33. The fourth-order valence-corrected chi connectivity index (χ4v) is 3.03. The van der Waals surface area contributed by atoms with Crippen molar-refractivity contribution in [3.8, 4) is 0 Å². The Bertz CT molecular complexity index is 433. The molecule has 2 unspecified atom stereocenters. The van der Waals surface area contributed by atoms with Gasteiger partial charge in [0.05, 0.1) is 0 Å². The summed E-state index contributed by atoms with van der Waals surface area (Å²) in [4.78, 5) is 0. The van der Waals surface area contributed by atoms with Crippen LogP contribution in [0, 0.1) is 19.8 Å². The average molecular weight is 229 g/mol. The zero-order chi connectivity index (χ0) is 12.0. The van der Waals surface area contributed by atoms with E-state index in [1.807, 2.05) is 0 Å². The van der Waals surface area contributed by atoms with Crippen LogP contribution < -0.4 is 5.32 Å². The molecule has 2 aliphatic carbocycles. The van der Waals surface area contributed by atoms with Crippen LogP contribution in [-0.2, 0) is 5.41 Å². The summed E-state index contributed by atoms with van der Waals surface area (Å²) in [6.07, 6.45) is 4.15. The van der Waals surface area contributed by atoms with Gasteiger partial charge < -0.3 is 5.32 Å². The molecule has 0 spiro atoms. The zero-order valence-electron chi connectivity index (χ0n) is 11.2. The Morgan fingerprint density at radius 3 is 2.76 bits per heavy atom. The summed E-state index contributed by atoms with van der Waals surface area (Å²) in [5.41, 5.74) is 4.89. The number of rotatable bonds is 4. The van der Waals surface area contributed by atoms with Gasteiger partial charge in [0.25, 0.3) is 0 Å². The van der Waals surface area contributed by atoms with Crippen LogP contribution in [0.1, 0.15) is 42.9 Å². The molecule has 0 heterocycles. The minimum atomic E-state index is 0.442. The molecule has 0 amide bonds. The van der Waals surface area contributed by atoms with Crippen molar-refractivity contribution in [3.63, 3.8) is 0 Å². The van der Waals surface area contributed by atoms with Crippen molar-refractivity contribution in [2.45, 2.75) is 51.5 Å². The Labute approximate surface area is 105 Å². The van der Waals surface area contributed by atoms with Crippen LogP contribution in [0.5, 0.6) is 0 Å². The predicted molar refractivity (Wildman–Crippen MR) is 72.4 cm³/mol. The minimum Gasteiger partial charge on any atom is -0.314 e. The van der Waals surface area contributed by atoms with Gasteiger partial charge in [-0.3, -0.25) is 0 Å². The first kappa shape index (κ1) is 11.3. The third-order valence-electron chi connectivity index (χ3n) is 4.65. The van der Waals surface area contributed by atoms with E-state index >= 15 is 0 Å². The van der Waals surface area contributed by atoms with E-state index in [-0.39, 0.29) is 0 Å². The van der Waals surface area contributed by atoms with E-state index in [2.05, 4.69) is 44.3 Å². The number of aryl methyl sites for hydroxylation is 2. The lowest BCUT2D eigenvalue weighted by molar-refractivity contribution is 0.574. The average Bonchev–Trinajstić information content (AvgIpc) is 3.17. The number of hydrogen-bond acceptors (Lipinski definition) is 1. The van der Waals surface area contributed by atoms with Crippen LogP contribution in [0.25, 0.3) is 0 Å². The summed E-state index contributed by atoms with van der Waals surface area (Å²) in [7, 11) is 0. The van der Waals surface area contributed by atoms with Crippen LogP contribution >= 0.6 is 0 Å². The summed E-state index contributed by atoms with van der Waals surface area (Å²) in [6.45, 7) is 8.11. The van der Waals surface area contributed by atoms with Gasteiger partial charge >= 0.3 is 0 Å². The minimum absolute atomic E-state index is 0.442. The van der Waals surface area contributed by atoms with E-state index in [4.69, 9.17) is 0 Å². The molecule has 0 aliphatic heterocycles. The summed E-state index contributed by atoms with van der Waals surface area (Å²) in [5.74, 6) is 0.851. The molecule has 2 atom stereocenters. The summed E-state index contributed by atoms with van der Waals surface area (Å²) in [6, 6.07) is 7.74. The smallest absolute Gasteiger partial charge is 0.00683 e. The highest BCUT2D eigenvalue weighted by Crippen LogP contribution is 2.54. The molecule has 0 bridgehead atoms. The molecule has 0 aromatic heterocycles. The molecule has 1 aromatic rings. The highest BCUT2D eigenvalue weighted by Gasteiger charge is 2.51. The van der Waals surface area contributed by atoms with E-state index in [0.29, 0.717) is 5.41 Å². The molecule has 2 aliphatic rings. The van der Waals surface area contributed by atoms with E-state index in [1.54, 1.807) is 5.56 Å². The first-order chi connectivity index (χ1) is 8.09. The van der Waals surface area contributed by atoms with Crippen molar-refractivity contribution < 1.29 is 0 Å². The summed E-state index contributed by atoms with van der Waals surface area (Å²) < 4.78 is 0. The zero-order valence-corrected chi connectivity index (χ0v) is 11.2. The largest absolute Gasteiger partial charge is 0.314 e. The lowest BCUT2D eigenvalue weighted by Gasteiger charge is -2.16. The van der Waals surface area contributed by atoms with Gasteiger partial charge in [0, 0.05) is 6.04 Å². The van der Waals surface area contributed by atoms with Gasteiger partial charge in [-0.1, -0.05) is 30.7 Å². The lowest BCUT2D eigenvalue weighted by Crippen LogP contribution is -2.22. The molecular formula is C16H23N. The van der Waals surface area contributed by atoms with Gasteiger partial charge in [0.15, 0.2) is 0 Å². The third-order valence-corrected chi connectivity index (χ3v) is 4.65. The van der Waals surface area contributed by atoms with Crippen LogP contribution in [0.3, 0.4) is 0 Å². The van der Waals surface area contributed by atoms with Gasteiger partial charge in [-0.2, -0.15) is 0 Å². The molecule has 17 heavy (non-hydrogen) atoms. The number of nitrogens with one attached hydrogen (secondary N) is 1. The summed E-state index contributed by atoms with van der Waals surface area (Å²) in [5, 5.41) is 3.68. The first-order valence-electron chi connectivity index (χ1n) is 6.91. The Kier molecular flexibility index (Phi) is 2.55. The summed E-state index contributed by atoms with van der Waals surface area (Å²) >= 11 is 0. The first-order valence-corrected chi connectivity index (χ1v) is 6.91. The standard InChI is InChI=1S/C16H23N/c1-11-4-5-12(2)15(8-11)16(3)9-13(16)10-17-14-6-7-14/h4-5,8,13-14,17H,6-7,9-10H2,1-3H3. The molecule has 0 saturated heterocycles. The molecule has 2 fully saturated rings. The molecule has 2 saturated carbocycles. The van der Waals surface area contributed by atoms with E-state index in [0.717, 1.165) is 12.0 Å². The Morgan fingerprint density at radius 2 is 2.06 bits per heavy atom. The second-order valence-electron chi connectivity index (χ2n) is 6.32. The SMILES string of the molecule is Cc1ccc(C)c(C2(C)CC2CNC2CC2)c1. The molecule has 1 aromatic carbocycles. The van der Waals surface area contributed by atoms with Gasteiger partial charge in [0.1, 0.15) is 0 Å². The van der Waals surface area contributed by atoms with Gasteiger partial charge in [-0.25, -0.2) is 0 Å². The Hall–Kier alpha value is -0.820. The van der Waals surface area contributed by atoms with Crippen molar-refractivity contribution in [1.29, 1.82) is 0 Å². The highest BCUT2D eigenvalue weighted by molar-refractivity contribution is 5.41. The van der Waals surface area contributed by atoms with E-state index in [1.165, 1.54) is 36.9 Å². The van der Waals surface area contributed by atoms with Crippen LogP contribution in [0.4, 0.5) is 0 Å². The Morgan fingerprint density at radius 1 is 1.29 bits per heavy atom. The van der Waals surface area contributed by atoms with Crippen LogP contribution in [-0.4, -0.2) is 12.6 Å². The molecule has 1 N–H and O–H groups in total. The van der Waals surface area contributed by atoms with Gasteiger partial charge in [0.2, 0.25) is 0 Å². The monoisotopic (exact) mass is 229 g/mol. The van der Waals surface area contributed by atoms with Crippen LogP contribution in [0.15, 0.2) is 18.2 Å². The lowest BCUT2D eigenvalue weighted by atomic mass is 9.90. The third kappa shape index (κ3) is 2.13.